The number of hydrogen-bond acceptors (Lipinski definition) is 4. The van der Waals surface area contributed by atoms with Gasteiger partial charge in [-0.2, -0.15) is 0 Å². The monoisotopic (exact) mass is 248 g/mol. The molecule has 0 saturated heterocycles. The van der Waals surface area contributed by atoms with Crippen LogP contribution in [0, 0.1) is 0 Å². The molecule has 4 N–H and O–H groups in total. The highest BCUT2D eigenvalue weighted by Crippen LogP contribution is 1.97. The molecule has 0 aromatic heterocycles. The summed E-state index contributed by atoms with van der Waals surface area (Å²) in [6.07, 6.45) is 1.89. The molecule has 0 aliphatic carbocycles. The lowest BCUT2D eigenvalue weighted by atomic mass is 10.2. The van der Waals surface area contributed by atoms with E-state index in [0.717, 1.165) is 12.4 Å². The van der Waals surface area contributed by atoms with E-state index in [1.54, 1.807) is 24.3 Å². The van der Waals surface area contributed by atoms with Crippen LogP contribution in [-0.2, 0) is 0 Å². The van der Waals surface area contributed by atoms with Gasteiger partial charge in [-0.25, -0.2) is 5.43 Å². The molecule has 2 rings (SSSR count). The zero-order valence-corrected chi connectivity index (χ0v) is 9.80. The number of benzene rings is 1. The second kappa shape index (κ2) is 5.42. The summed E-state index contributed by atoms with van der Waals surface area (Å²) in [6.45, 7) is 0.720. The molecule has 1 aliphatic heterocycles. The van der Waals surface area contributed by atoms with Gasteiger partial charge < -0.3 is 10.7 Å². The van der Waals surface area contributed by atoms with Gasteiger partial charge >= 0.3 is 0 Å². The van der Waals surface area contributed by atoms with Gasteiger partial charge in [-0.05, 0) is 30.4 Å². The molecular weight excluding hydrogens is 236 g/mol. The maximum atomic E-state index is 11.7. The zero-order valence-electron chi connectivity index (χ0n) is 8.99. The molecule has 0 atom stereocenters. The van der Waals surface area contributed by atoms with E-state index in [4.69, 9.17) is 12.2 Å². The summed E-state index contributed by atoms with van der Waals surface area (Å²) in [5.74, 6) is 0.512. The van der Waals surface area contributed by atoms with Crippen LogP contribution in [0.2, 0.25) is 0 Å². The Morgan fingerprint density at radius 3 is 2.71 bits per heavy atom. The molecule has 0 saturated carbocycles. The number of amides is 1. The quantitative estimate of drug-likeness (QED) is 0.565. The Hall–Kier alpha value is -1.92. The third-order valence-electron chi connectivity index (χ3n) is 2.14. The van der Waals surface area contributed by atoms with Crippen molar-refractivity contribution in [2.24, 2.45) is 0 Å². The van der Waals surface area contributed by atoms with E-state index in [1.165, 1.54) is 0 Å². The summed E-state index contributed by atoms with van der Waals surface area (Å²) in [5.41, 5.74) is 6.32. The number of rotatable bonds is 2. The summed E-state index contributed by atoms with van der Waals surface area (Å²) in [4.78, 5) is 11.7. The van der Waals surface area contributed by atoms with E-state index in [0.29, 0.717) is 5.56 Å². The van der Waals surface area contributed by atoms with Crippen molar-refractivity contribution < 1.29 is 4.79 Å². The standard InChI is InChI=1S/C11H12N4OS/c16-10(8-4-2-1-3-5-8)14-11(17)13-9-6-7-12-15-9/h1-6,12,15H,7H2,(H2,13,14,16,17). The highest BCUT2D eigenvalue weighted by atomic mass is 32.1. The highest BCUT2D eigenvalue weighted by molar-refractivity contribution is 7.80. The minimum absolute atomic E-state index is 0.227. The fraction of sp³-hybridized carbons (Fsp3) is 0.0909. The van der Waals surface area contributed by atoms with Crippen LogP contribution in [0.4, 0.5) is 0 Å². The average molecular weight is 248 g/mol. The third-order valence-corrected chi connectivity index (χ3v) is 2.35. The third kappa shape index (κ3) is 3.27. The fourth-order valence-corrected chi connectivity index (χ4v) is 1.55. The van der Waals surface area contributed by atoms with Crippen LogP contribution >= 0.6 is 12.2 Å². The second-order valence-electron chi connectivity index (χ2n) is 3.40. The van der Waals surface area contributed by atoms with Gasteiger partial charge in [0.05, 0.1) is 0 Å². The van der Waals surface area contributed by atoms with Gasteiger partial charge in [0.2, 0.25) is 0 Å². The molecule has 1 amide bonds. The first-order chi connectivity index (χ1) is 8.25. The van der Waals surface area contributed by atoms with E-state index < -0.39 is 0 Å². The van der Waals surface area contributed by atoms with Gasteiger partial charge in [0.1, 0.15) is 5.82 Å². The van der Waals surface area contributed by atoms with Crippen LogP contribution in [0.5, 0.6) is 0 Å². The molecule has 0 radical (unpaired) electrons. The van der Waals surface area contributed by atoms with Crippen LogP contribution in [0.3, 0.4) is 0 Å². The summed E-state index contributed by atoms with van der Waals surface area (Å²) in [6, 6.07) is 8.91. The Morgan fingerprint density at radius 1 is 1.29 bits per heavy atom. The lowest BCUT2D eigenvalue weighted by molar-refractivity contribution is 0.0977. The fourth-order valence-electron chi connectivity index (χ4n) is 1.35. The molecule has 0 fully saturated rings. The van der Waals surface area contributed by atoms with E-state index in [9.17, 15) is 4.79 Å². The normalized spacial score (nSPS) is 13.5. The highest BCUT2D eigenvalue weighted by Gasteiger charge is 2.09. The molecule has 1 heterocycles. The Bertz CT molecular complexity index is 458. The molecule has 17 heavy (non-hydrogen) atoms. The molecule has 0 unspecified atom stereocenters. The predicted octanol–water partition coefficient (Wildman–Crippen LogP) is 0.240. The van der Waals surface area contributed by atoms with Crippen molar-refractivity contribution >= 4 is 23.2 Å². The van der Waals surface area contributed by atoms with Crippen molar-refractivity contribution in [1.29, 1.82) is 0 Å². The van der Waals surface area contributed by atoms with Crippen molar-refractivity contribution in [1.82, 2.24) is 21.5 Å². The number of nitrogens with one attached hydrogen (secondary N) is 4. The van der Waals surface area contributed by atoms with Gasteiger partial charge in [-0.1, -0.05) is 18.2 Å². The van der Waals surface area contributed by atoms with Crippen LogP contribution in [0.15, 0.2) is 42.2 Å². The first-order valence-electron chi connectivity index (χ1n) is 5.12. The Balaban J connectivity index is 1.88. The number of thiocarbonyl (C=S) groups is 1. The smallest absolute Gasteiger partial charge is 0.257 e. The minimum atomic E-state index is -0.227. The molecule has 1 aromatic carbocycles. The number of carbonyl (C=O) groups is 1. The van der Waals surface area contributed by atoms with Crippen LogP contribution < -0.4 is 21.5 Å². The van der Waals surface area contributed by atoms with Crippen molar-refractivity contribution in [3.63, 3.8) is 0 Å². The van der Waals surface area contributed by atoms with Crippen molar-refractivity contribution in [2.75, 3.05) is 6.54 Å². The van der Waals surface area contributed by atoms with Gasteiger partial charge in [-0.15, -0.1) is 0 Å². The lowest BCUT2D eigenvalue weighted by Crippen LogP contribution is -2.42. The first kappa shape index (κ1) is 11.6. The van der Waals surface area contributed by atoms with Crippen molar-refractivity contribution in [3.05, 3.63) is 47.8 Å². The Labute approximate surface area is 104 Å². The van der Waals surface area contributed by atoms with Gasteiger partial charge in [-0.3, -0.25) is 10.1 Å². The molecular formula is C11H12N4OS. The van der Waals surface area contributed by atoms with Crippen molar-refractivity contribution in [3.8, 4) is 0 Å². The SMILES string of the molecule is O=C(NC(=S)NC1=CCNN1)c1ccccc1. The van der Waals surface area contributed by atoms with Gasteiger partial charge in [0.25, 0.3) is 5.91 Å². The summed E-state index contributed by atoms with van der Waals surface area (Å²) in [5, 5.41) is 5.73. The van der Waals surface area contributed by atoms with E-state index in [1.807, 2.05) is 12.1 Å². The largest absolute Gasteiger partial charge is 0.318 e. The number of hydrogen-bond donors (Lipinski definition) is 4. The number of carbonyl (C=O) groups excluding carboxylic acids is 1. The molecule has 1 aromatic rings. The topological polar surface area (TPSA) is 65.2 Å². The molecule has 1 aliphatic rings. The van der Waals surface area contributed by atoms with Crippen molar-refractivity contribution in [2.45, 2.75) is 0 Å². The minimum Gasteiger partial charge on any atom is -0.318 e. The Kier molecular flexibility index (Phi) is 3.69. The first-order valence-corrected chi connectivity index (χ1v) is 5.53. The molecule has 0 bridgehead atoms. The molecule has 0 spiro atoms. The molecule has 6 heteroatoms. The van der Waals surface area contributed by atoms with Crippen LogP contribution in [0.25, 0.3) is 0 Å². The summed E-state index contributed by atoms with van der Waals surface area (Å²) >= 11 is 5.02. The molecule has 5 nitrogen and oxygen atoms in total. The zero-order chi connectivity index (χ0) is 12.1. The van der Waals surface area contributed by atoms with Crippen LogP contribution in [-0.4, -0.2) is 17.6 Å². The van der Waals surface area contributed by atoms with E-state index in [2.05, 4.69) is 21.5 Å². The second-order valence-corrected chi connectivity index (χ2v) is 3.81. The number of hydrazine groups is 1. The van der Waals surface area contributed by atoms with Gasteiger partial charge in [0.15, 0.2) is 5.11 Å². The maximum absolute atomic E-state index is 11.7. The van der Waals surface area contributed by atoms with Crippen LogP contribution in [0.1, 0.15) is 10.4 Å². The summed E-state index contributed by atoms with van der Waals surface area (Å²) < 4.78 is 0. The lowest BCUT2D eigenvalue weighted by Gasteiger charge is -2.10. The molecule has 88 valence electrons. The Morgan fingerprint density at radius 2 is 2.06 bits per heavy atom. The van der Waals surface area contributed by atoms with E-state index in [-0.39, 0.29) is 11.0 Å². The van der Waals surface area contributed by atoms with Gasteiger partial charge in [0, 0.05) is 12.1 Å². The van der Waals surface area contributed by atoms with E-state index >= 15 is 0 Å². The maximum Gasteiger partial charge on any atom is 0.257 e. The predicted molar refractivity (Wildman–Crippen MR) is 68.9 cm³/mol. The summed E-state index contributed by atoms with van der Waals surface area (Å²) in [7, 11) is 0. The average Bonchev–Trinajstić information content (AvgIpc) is 2.82.